The van der Waals surface area contributed by atoms with Gasteiger partial charge in [-0.3, -0.25) is 0 Å². The molecule has 2 aliphatic carbocycles. The second kappa shape index (κ2) is 7.45. The number of carbonyl (C=O) groups is 1. The van der Waals surface area contributed by atoms with Crippen LogP contribution in [0.3, 0.4) is 0 Å². The summed E-state index contributed by atoms with van der Waals surface area (Å²) in [5.74, 6) is -0.797. The van der Waals surface area contributed by atoms with Gasteiger partial charge in [0.15, 0.2) is 0 Å². The number of hydrogen-bond acceptors (Lipinski definition) is 1. The molecule has 2 nitrogen and oxygen atoms in total. The monoisotopic (exact) mass is 394 g/mol. The zero-order valence-corrected chi connectivity index (χ0v) is 19.4. The fourth-order valence-electron chi connectivity index (χ4n) is 4.92. The molecule has 1 saturated carbocycles. The Bertz CT molecular complexity index is 871. The van der Waals surface area contributed by atoms with Gasteiger partial charge in [0.25, 0.3) is 0 Å². The van der Waals surface area contributed by atoms with E-state index in [0.717, 1.165) is 12.0 Å². The van der Waals surface area contributed by atoms with Crippen molar-refractivity contribution in [1.29, 1.82) is 0 Å². The van der Waals surface area contributed by atoms with Crippen molar-refractivity contribution in [2.75, 3.05) is 0 Å². The molecule has 158 valence electrons. The summed E-state index contributed by atoms with van der Waals surface area (Å²) in [6.45, 7) is 15.5. The van der Waals surface area contributed by atoms with E-state index in [1.807, 2.05) is 19.9 Å². The number of carboxylic acids is 1. The molecule has 2 aliphatic rings. The lowest BCUT2D eigenvalue weighted by Crippen LogP contribution is -2.19. The van der Waals surface area contributed by atoms with Gasteiger partial charge < -0.3 is 5.11 Å². The lowest BCUT2D eigenvalue weighted by atomic mass is 9.76. The molecule has 0 bridgehead atoms. The van der Waals surface area contributed by atoms with E-state index in [1.165, 1.54) is 31.2 Å². The number of aliphatic carboxylic acids is 1. The number of rotatable bonds is 6. The van der Waals surface area contributed by atoms with E-state index in [2.05, 4.69) is 52.8 Å². The van der Waals surface area contributed by atoms with Crippen LogP contribution in [0, 0.1) is 0 Å². The van der Waals surface area contributed by atoms with E-state index in [0.29, 0.717) is 12.0 Å². The van der Waals surface area contributed by atoms with Gasteiger partial charge >= 0.3 is 5.97 Å². The first kappa shape index (κ1) is 21.9. The third-order valence-electron chi connectivity index (χ3n) is 7.23. The number of carboxylic acid groups (broad SMARTS) is 1. The smallest absolute Gasteiger partial charge is 0.331 e. The number of hydrogen-bond donors (Lipinski definition) is 1. The molecule has 3 rings (SSSR count). The van der Waals surface area contributed by atoms with Crippen LogP contribution in [0.15, 0.2) is 35.4 Å². The molecule has 0 unspecified atom stereocenters. The van der Waals surface area contributed by atoms with Gasteiger partial charge in [0.2, 0.25) is 0 Å². The maximum Gasteiger partial charge on any atom is 0.331 e. The average Bonchev–Trinajstić information content (AvgIpc) is 3.33. The first-order chi connectivity index (χ1) is 13.4. The minimum absolute atomic E-state index is 0.144. The van der Waals surface area contributed by atoms with Crippen molar-refractivity contribution >= 4 is 5.97 Å². The summed E-state index contributed by atoms with van der Waals surface area (Å²) in [6.07, 6.45) is 10.7. The van der Waals surface area contributed by atoms with Crippen LogP contribution < -0.4 is 0 Å². The summed E-state index contributed by atoms with van der Waals surface area (Å²) in [4.78, 5) is 11.4. The number of allylic oxidation sites excluding steroid dienone is 3. The molecular formula is C27H38O2. The highest BCUT2D eigenvalue weighted by molar-refractivity contribution is 5.87. The predicted molar refractivity (Wildman–Crippen MR) is 122 cm³/mol. The van der Waals surface area contributed by atoms with Gasteiger partial charge in [0.05, 0.1) is 0 Å². The molecule has 0 saturated heterocycles. The second-order valence-corrected chi connectivity index (χ2v) is 10.9. The van der Waals surface area contributed by atoms with E-state index in [4.69, 9.17) is 0 Å². The summed E-state index contributed by atoms with van der Waals surface area (Å²) in [5, 5.41) is 9.36. The molecule has 0 atom stereocenters. The van der Waals surface area contributed by atoms with Crippen molar-refractivity contribution in [1.82, 2.24) is 0 Å². The molecule has 0 aromatic heterocycles. The Balaban J connectivity index is 1.97. The zero-order chi connectivity index (χ0) is 21.6. The van der Waals surface area contributed by atoms with Gasteiger partial charge in [-0.15, -0.1) is 0 Å². The molecule has 1 aromatic carbocycles. The summed E-state index contributed by atoms with van der Waals surface area (Å²) < 4.78 is 0. The van der Waals surface area contributed by atoms with Gasteiger partial charge in [-0.25, -0.2) is 4.79 Å². The van der Waals surface area contributed by atoms with E-state index in [-0.39, 0.29) is 16.2 Å². The molecule has 1 N–H and O–H groups in total. The lowest BCUT2D eigenvalue weighted by molar-refractivity contribution is -0.132. The largest absolute Gasteiger partial charge is 0.478 e. The number of benzene rings is 1. The van der Waals surface area contributed by atoms with Gasteiger partial charge in [-0.2, -0.15) is 0 Å². The Morgan fingerprint density at radius 1 is 1.14 bits per heavy atom. The quantitative estimate of drug-likeness (QED) is 0.417. The standard InChI is InChI=1S/C27H38O2/c1-8-20(24(28)29)18(2)10-9-12-27(14-15-27)23-17-19(25(3,4)5)16-22-21(23)11-13-26(22,6)7/h9-10,16-17H,8,11-15H2,1-7H3,(H,28,29). The van der Waals surface area contributed by atoms with E-state index >= 15 is 0 Å². The minimum Gasteiger partial charge on any atom is -0.478 e. The van der Waals surface area contributed by atoms with Gasteiger partial charge in [-0.1, -0.05) is 65.8 Å². The van der Waals surface area contributed by atoms with E-state index in [9.17, 15) is 9.90 Å². The maximum absolute atomic E-state index is 11.4. The van der Waals surface area contributed by atoms with Crippen LogP contribution in [-0.4, -0.2) is 11.1 Å². The average molecular weight is 395 g/mol. The highest BCUT2D eigenvalue weighted by Gasteiger charge is 2.47. The summed E-state index contributed by atoms with van der Waals surface area (Å²) in [5.41, 5.74) is 8.23. The second-order valence-electron chi connectivity index (χ2n) is 10.9. The van der Waals surface area contributed by atoms with Crippen molar-refractivity contribution in [3.63, 3.8) is 0 Å². The van der Waals surface area contributed by atoms with Crippen LogP contribution in [0.4, 0.5) is 0 Å². The summed E-state index contributed by atoms with van der Waals surface area (Å²) >= 11 is 0. The van der Waals surface area contributed by atoms with Crippen molar-refractivity contribution in [2.24, 2.45) is 0 Å². The molecule has 0 aliphatic heterocycles. The maximum atomic E-state index is 11.4. The third kappa shape index (κ3) is 4.22. The first-order valence-corrected chi connectivity index (χ1v) is 11.2. The Kier molecular flexibility index (Phi) is 5.62. The SMILES string of the molecule is CCC(C(=O)O)=C(C)C=CCC1(c2cc(C(C)(C)C)cc3c2CCC3(C)C)CC1. The molecule has 0 spiro atoms. The molecule has 0 amide bonds. The van der Waals surface area contributed by atoms with Crippen LogP contribution >= 0.6 is 0 Å². The Labute approximate surface area is 177 Å². The Morgan fingerprint density at radius 3 is 2.28 bits per heavy atom. The van der Waals surface area contributed by atoms with E-state index in [1.54, 1.807) is 16.7 Å². The van der Waals surface area contributed by atoms with E-state index < -0.39 is 5.97 Å². The predicted octanol–water partition coefficient (Wildman–Crippen LogP) is 7.00. The molecule has 29 heavy (non-hydrogen) atoms. The fraction of sp³-hybridized carbons (Fsp3) is 0.593. The lowest BCUT2D eigenvalue weighted by Gasteiger charge is -2.28. The van der Waals surface area contributed by atoms with Crippen molar-refractivity contribution < 1.29 is 9.90 Å². The topological polar surface area (TPSA) is 37.3 Å². The summed E-state index contributed by atoms with van der Waals surface area (Å²) in [7, 11) is 0. The molecule has 2 heteroatoms. The normalized spacial score (nSPS) is 20.5. The molecule has 0 radical (unpaired) electrons. The van der Waals surface area contributed by atoms with Gasteiger partial charge in [0, 0.05) is 5.57 Å². The third-order valence-corrected chi connectivity index (χ3v) is 7.23. The van der Waals surface area contributed by atoms with Crippen LogP contribution in [0.2, 0.25) is 0 Å². The van der Waals surface area contributed by atoms with Crippen molar-refractivity contribution in [3.8, 4) is 0 Å². The van der Waals surface area contributed by atoms with Crippen LogP contribution in [-0.2, 0) is 27.5 Å². The number of fused-ring (bicyclic) bond motifs is 1. The fourth-order valence-corrected chi connectivity index (χ4v) is 4.92. The highest BCUT2D eigenvalue weighted by Crippen LogP contribution is 2.56. The van der Waals surface area contributed by atoms with Crippen LogP contribution in [0.25, 0.3) is 0 Å². The van der Waals surface area contributed by atoms with Crippen LogP contribution in [0.5, 0.6) is 0 Å². The minimum atomic E-state index is -0.797. The first-order valence-electron chi connectivity index (χ1n) is 11.2. The van der Waals surface area contributed by atoms with Crippen molar-refractivity contribution in [3.05, 3.63) is 57.7 Å². The van der Waals surface area contributed by atoms with Crippen molar-refractivity contribution in [2.45, 2.75) is 103 Å². The Morgan fingerprint density at radius 2 is 1.76 bits per heavy atom. The van der Waals surface area contributed by atoms with Gasteiger partial charge in [0.1, 0.15) is 0 Å². The summed E-state index contributed by atoms with van der Waals surface area (Å²) in [6, 6.07) is 4.98. The molecule has 1 fully saturated rings. The Hall–Kier alpha value is -1.83. The molecular weight excluding hydrogens is 356 g/mol. The highest BCUT2D eigenvalue weighted by atomic mass is 16.4. The van der Waals surface area contributed by atoms with Crippen LogP contribution in [0.1, 0.15) is 103 Å². The molecule has 1 aromatic rings. The van der Waals surface area contributed by atoms with Gasteiger partial charge in [-0.05, 0) is 89.5 Å². The zero-order valence-electron chi connectivity index (χ0n) is 19.4. The molecule has 0 heterocycles.